The molecule has 5 nitrogen and oxygen atoms in total. The molecule has 1 aliphatic rings. The number of amides is 1. The van der Waals surface area contributed by atoms with E-state index >= 15 is 0 Å². The molecule has 0 radical (unpaired) electrons. The summed E-state index contributed by atoms with van der Waals surface area (Å²) >= 11 is 0. The summed E-state index contributed by atoms with van der Waals surface area (Å²) in [5.74, 6) is 0.246. The van der Waals surface area contributed by atoms with E-state index in [1.807, 2.05) is 24.4 Å². The quantitative estimate of drug-likeness (QED) is 0.719. The summed E-state index contributed by atoms with van der Waals surface area (Å²) in [6, 6.07) is 10.5. The molecule has 0 N–H and O–H groups in total. The number of pyridine rings is 2. The van der Waals surface area contributed by atoms with Crippen molar-refractivity contribution in [3.63, 3.8) is 0 Å². The molecule has 0 spiro atoms. The first kappa shape index (κ1) is 16.8. The highest BCUT2D eigenvalue weighted by Crippen LogP contribution is 2.27. The van der Waals surface area contributed by atoms with E-state index in [-0.39, 0.29) is 5.91 Å². The Balaban J connectivity index is 1.62. The third-order valence-electron chi connectivity index (χ3n) is 5.30. The average Bonchev–Trinajstić information content (AvgIpc) is 3.06. The van der Waals surface area contributed by atoms with Crippen LogP contribution in [0.15, 0.2) is 48.9 Å². The van der Waals surface area contributed by atoms with Gasteiger partial charge < -0.3 is 9.47 Å². The summed E-state index contributed by atoms with van der Waals surface area (Å²) in [6.07, 6.45) is 9.36. The topological polar surface area (TPSA) is 51.0 Å². The summed E-state index contributed by atoms with van der Waals surface area (Å²) in [5.41, 5.74) is 3.11. The summed E-state index contributed by atoms with van der Waals surface area (Å²) in [4.78, 5) is 23.5. The van der Waals surface area contributed by atoms with Gasteiger partial charge in [-0.3, -0.25) is 9.78 Å². The van der Waals surface area contributed by atoms with E-state index in [0.717, 1.165) is 41.7 Å². The van der Waals surface area contributed by atoms with Crippen molar-refractivity contribution in [2.75, 3.05) is 6.54 Å². The molecule has 0 aromatic carbocycles. The van der Waals surface area contributed by atoms with Gasteiger partial charge in [0.15, 0.2) is 0 Å². The average molecular weight is 348 g/mol. The van der Waals surface area contributed by atoms with Gasteiger partial charge in [-0.05, 0) is 56.5 Å². The number of hydrogen-bond donors (Lipinski definition) is 0. The zero-order valence-electron chi connectivity index (χ0n) is 15.1. The highest BCUT2D eigenvalue weighted by Gasteiger charge is 2.23. The van der Waals surface area contributed by atoms with Gasteiger partial charge in [-0.25, -0.2) is 4.98 Å². The molecule has 134 valence electrons. The largest absolute Gasteiger partial charge is 0.340 e. The molecule has 1 atom stereocenters. The third-order valence-corrected chi connectivity index (χ3v) is 5.30. The molecule has 1 amide bonds. The van der Waals surface area contributed by atoms with Crippen molar-refractivity contribution in [1.82, 2.24) is 19.4 Å². The zero-order valence-corrected chi connectivity index (χ0v) is 15.1. The van der Waals surface area contributed by atoms with Crippen LogP contribution in [0, 0.1) is 0 Å². The van der Waals surface area contributed by atoms with Crippen molar-refractivity contribution in [2.45, 2.75) is 45.2 Å². The Morgan fingerprint density at radius 1 is 1.19 bits per heavy atom. The van der Waals surface area contributed by atoms with Gasteiger partial charge in [0.25, 0.3) is 0 Å². The van der Waals surface area contributed by atoms with Crippen LogP contribution in [0.1, 0.15) is 32.6 Å². The smallest absolute Gasteiger partial charge is 0.224 e. The van der Waals surface area contributed by atoms with Gasteiger partial charge in [0, 0.05) is 55.1 Å². The first-order valence-corrected chi connectivity index (χ1v) is 9.38. The minimum atomic E-state index is 0.246. The Kier molecular flexibility index (Phi) is 4.69. The molecule has 3 aromatic heterocycles. The molecule has 1 aliphatic heterocycles. The van der Waals surface area contributed by atoms with E-state index in [4.69, 9.17) is 0 Å². The molecule has 4 heterocycles. The van der Waals surface area contributed by atoms with Crippen LogP contribution in [0.3, 0.4) is 0 Å². The standard InChI is InChI=1S/C21H24N4O/c1-16-5-2-3-13-24(16)20(26)9-14-25-19(17-7-11-22-12-8-17)15-18-6-4-10-23-21(18)25/h4,6-8,10-12,15-16H,2-3,5,9,13-14H2,1H3/t16-/m0/s1. The fourth-order valence-electron chi connectivity index (χ4n) is 3.89. The fourth-order valence-corrected chi connectivity index (χ4v) is 3.89. The molecule has 0 aliphatic carbocycles. The molecule has 0 saturated carbocycles. The number of aryl methyl sites for hydroxylation is 1. The Hall–Kier alpha value is -2.69. The van der Waals surface area contributed by atoms with Crippen molar-refractivity contribution in [3.8, 4) is 11.3 Å². The number of fused-ring (bicyclic) bond motifs is 1. The van der Waals surface area contributed by atoms with Gasteiger partial charge in [0.1, 0.15) is 5.65 Å². The number of aromatic nitrogens is 3. The van der Waals surface area contributed by atoms with E-state index in [2.05, 4.69) is 38.5 Å². The fraction of sp³-hybridized carbons (Fsp3) is 0.381. The Morgan fingerprint density at radius 3 is 2.85 bits per heavy atom. The predicted octanol–water partition coefficient (Wildman–Crippen LogP) is 3.89. The summed E-state index contributed by atoms with van der Waals surface area (Å²) in [6.45, 7) is 3.69. The van der Waals surface area contributed by atoms with E-state index in [0.29, 0.717) is 19.0 Å². The summed E-state index contributed by atoms with van der Waals surface area (Å²) in [5, 5.41) is 1.10. The number of nitrogens with zero attached hydrogens (tertiary/aromatic N) is 4. The van der Waals surface area contributed by atoms with E-state index in [9.17, 15) is 4.79 Å². The zero-order chi connectivity index (χ0) is 17.9. The highest BCUT2D eigenvalue weighted by molar-refractivity contribution is 5.84. The highest BCUT2D eigenvalue weighted by atomic mass is 16.2. The number of carbonyl (C=O) groups excluding carboxylic acids is 1. The van der Waals surface area contributed by atoms with E-state index in [1.54, 1.807) is 12.4 Å². The second-order valence-electron chi connectivity index (χ2n) is 7.02. The SMILES string of the molecule is C[C@H]1CCCCN1C(=O)CCn1c(-c2ccncc2)cc2cccnc21. The second-order valence-corrected chi connectivity index (χ2v) is 7.02. The summed E-state index contributed by atoms with van der Waals surface area (Å²) < 4.78 is 2.16. The van der Waals surface area contributed by atoms with Gasteiger partial charge in [-0.2, -0.15) is 0 Å². The van der Waals surface area contributed by atoms with Crippen LogP contribution in [0.2, 0.25) is 0 Å². The monoisotopic (exact) mass is 348 g/mol. The van der Waals surface area contributed by atoms with Crippen LogP contribution in [0.4, 0.5) is 0 Å². The molecular weight excluding hydrogens is 324 g/mol. The lowest BCUT2D eigenvalue weighted by atomic mass is 10.0. The summed E-state index contributed by atoms with van der Waals surface area (Å²) in [7, 11) is 0. The van der Waals surface area contributed by atoms with Crippen LogP contribution < -0.4 is 0 Å². The van der Waals surface area contributed by atoms with Crippen molar-refractivity contribution in [3.05, 3.63) is 48.9 Å². The predicted molar refractivity (Wildman–Crippen MR) is 103 cm³/mol. The molecule has 0 bridgehead atoms. The van der Waals surface area contributed by atoms with Crippen molar-refractivity contribution < 1.29 is 4.79 Å². The molecule has 4 rings (SSSR count). The number of hydrogen-bond acceptors (Lipinski definition) is 3. The normalized spacial score (nSPS) is 17.6. The van der Waals surface area contributed by atoms with Crippen molar-refractivity contribution in [1.29, 1.82) is 0 Å². The minimum Gasteiger partial charge on any atom is -0.340 e. The molecule has 0 unspecified atom stereocenters. The van der Waals surface area contributed by atoms with Crippen LogP contribution in [-0.2, 0) is 11.3 Å². The Bertz CT molecular complexity index is 903. The van der Waals surface area contributed by atoms with Crippen LogP contribution in [0.25, 0.3) is 22.3 Å². The van der Waals surface area contributed by atoms with Gasteiger partial charge in [0.2, 0.25) is 5.91 Å². The molecule has 26 heavy (non-hydrogen) atoms. The first-order chi connectivity index (χ1) is 12.7. The third kappa shape index (κ3) is 3.21. The van der Waals surface area contributed by atoms with Gasteiger partial charge in [-0.15, -0.1) is 0 Å². The molecule has 3 aromatic rings. The van der Waals surface area contributed by atoms with E-state index in [1.165, 1.54) is 6.42 Å². The van der Waals surface area contributed by atoms with Crippen LogP contribution >= 0.6 is 0 Å². The van der Waals surface area contributed by atoms with Crippen molar-refractivity contribution in [2.24, 2.45) is 0 Å². The van der Waals surface area contributed by atoms with Crippen LogP contribution in [0.5, 0.6) is 0 Å². The first-order valence-electron chi connectivity index (χ1n) is 9.38. The number of carbonyl (C=O) groups is 1. The number of piperidine rings is 1. The maximum absolute atomic E-state index is 12.8. The molecule has 5 heteroatoms. The van der Waals surface area contributed by atoms with E-state index < -0.39 is 0 Å². The molecular formula is C21H24N4O. The lowest BCUT2D eigenvalue weighted by Gasteiger charge is -2.33. The lowest BCUT2D eigenvalue weighted by molar-refractivity contribution is -0.134. The minimum absolute atomic E-state index is 0.246. The van der Waals surface area contributed by atoms with Crippen molar-refractivity contribution >= 4 is 16.9 Å². The Labute approximate surface area is 153 Å². The Morgan fingerprint density at radius 2 is 2.04 bits per heavy atom. The van der Waals surface area contributed by atoms with Gasteiger partial charge in [-0.1, -0.05) is 0 Å². The molecule has 1 saturated heterocycles. The second kappa shape index (κ2) is 7.28. The van der Waals surface area contributed by atoms with Gasteiger partial charge in [0.05, 0.1) is 5.69 Å². The maximum atomic E-state index is 12.8. The maximum Gasteiger partial charge on any atom is 0.224 e. The van der Waals surface area contributed by atoms with Gasteiger partial charge >= 0.3 is 0 Å². The van der Waals surface area contributed by atoms with Crippen LogP contribution in [-0.4, -0.2) is 37.9 Å². The number of rotatable bonds is 4. The lowest BCUT2D eigenvalue weighted by Crippen LogP contribution is -2.42. The number of likely N-dealkylation sites (tertiary alicyclic amines) is 1. The molecule has 1 fully saturated rings.